The van der Waals surface area contributed by atoms with Crippen LogP contribution in [0.1, 0.15) is 69.1 Å². The summed E-state index contributed by atoms with van der Waals surface area (Å²) in [5.74, 6) is 0. The Morgan fingerprint density at radius 3 is 1.65 bits per heavy atom. The van der Waals surface area contributed by atoms with E-state index in [9.17, 15) is 0 Å². The van der Waals surface area contributed by atoms with Gasteiger partial charge in [-0.2, -0.15) is 0 Å². The molecule has 23 heavy (non-hydrogen) atoms. The first-order chi connectivity index (χ1) is 11.2. The first-order valence-electron chi connectivity index (χ1n) is 9.30. The lowest BCUT2D eigenvalue weighted by Gasteiger charge is -2.22. The van der Waals surface area contributed by atoms with E-state index in [1.807, 2.05) is 0 Å². The lowest BCUT2D eigenvalue weighted by Crippen LogP contribution is -2.09. The molecule has 2 aliphatic carbocycles. The number of aryl methyl sites for hydroxylation is 2. The quantitative estimate of drug-likeness (QED) is 0.665. The van der Waals surface area contributed by atoms with Crippen LogP contribution in [0, 0.1) is 6.92 Å². The maximum Gasteiger partial charge on any atom is 0.0464 e. The topological polar surface area (TPSA) is 24.1 Å². The molecule has 0 saturated carbocycles. The van der Waals surface area contributed by atoms with Crippen molar-refractivity contribution in [3.8, 4) is 0 Å². The predicted octanol–water partition coefficient (Wildman–Crippen LogP) is 6.08. The monoisotopic (exact) mass is 310 g/mol. The van der Waals surface area contributed by atoms with Crippen molar-refractivity contribution in [2.75, 3.05) is 10.6 Å². The third kappa shape index (κ3) is 3.46. The summed E-state index contributed by atoms with van der Waals surface area (Å²) < 4.78 is 0. The van der Waals surface area contributed by atoms with Crippen molar-refractivity contribution in [3.63, 3.8) is 0 Å². The number of nitrogens with one attached hydrogen (secondary N) is 2. The fourth-order valence-electron chi connectivity index (χ4n) is 3.76. The van der Waals surface area contributed by atoms with Gasteiger partial charge in [0.1, 0.15) is 0 Å². The van der Waals surface area contributed by atoms with Crippen LogP contribution in [0.25, 0.3) is 0 Å². The fourth-order valence-corrected chi connectivity index (χ4v) is 3.76. The van der Waals surface area contributed by atoms with E-state index in [-0.39, 0.29) is 0 Å². The highest BCUT2D eigenvalue weighted by Crippen LogP contribution is 2.36. The smallest absolute Gasteiger partial charge is 0.0464 e. The molecular formula is C21H30N2. The predicted molar refractivity (Wildman–Crippen MR) is 101 cm³/mol. The van der Waals surface area contributed by atoms with Crippen LogP contribution in [0.4, 0.5) is 11.4 Å². The molecule has 0 heterocycles. The van der Waals surface area contributed by atoms with Gasteiger partial charge in [-0.25, -0.2) is 0 Å². The largest absolute Gasteiger partial charge is 0.359 e. The molecule has 3 rings (SSSR count). The molecule has 0 amide bonds. The number of anilines is 2. The summed E-state index contributed by atoms with van der Waals surface area (Å²) in [5, 5.41) is 7.49. The summed E-state index contributed by atoms with van der Waals surface area (Å²) in [6, 6.07) is 2.41. The maximum atomic E-state index is 3.75. The standard InChI is InChI=1S/C21H30N2/c1-4-16-14-17(5-2)21(23-19-12-8-9-13-19)15(3)20(16)22-18-10-6-7-11-18/h10,12,14,22-23H,4-9,11,13H2,1-3H3. The number of hydrogen-bond acceptors (Lipinski definition) is 2. The molecule has 2 aliphatic rings. The van der Waals surface area contributed by atoms with E-state index < -0.39 is 0 Å². The molecule has 0 aliphatic heterocycles. The minimum Gasteiger partial charge on any atom is -0.359 e. The van der Waals surface area contributed by atoms with Crippen LogP contribution in [0.3, 0.4) is 0 Å². The van der Waals surface area contributed by atoms with E-state index in [2.05, 4.69) is 49.6 Å². The Labute approximate surface area is 141 Å². The van der Waals surface area contributed by atoms with Crippen LogP contribution in [0.15, 0.2) is 29.6 Å². The van der Waals surface area contributed by atoms with Gasteiger partial charge in [-0.3, -0.25) is 0 Å². The minimum atomic E-state index is 1.08. The van der Waals surface area contributed by atoms with E-state index in [1.54, 1.807) is 0 Å². The SMILES string of the molecule is CCc1cc(CC)c(NC2=CCCC2)c(C)c1NC1=CCCC1. The first kappa shape index (κ1) is 16.2. The Balaban J connectivity index is 1.98. The molecule has 0 fully saturated rings. The van der Waals surface area contributed by atoms with Gasteiger partial charge in [-0.1, -0.05) is 32.1 Å². The molecule has 2 nitrogen and oxygen atoms in total. The van der Waals surface area contributed by atoms with Crippen molar-refractivity contribution in [2.24, 2.45) is 0 Å². The van der Waals surface area contributed by atoms with E-state index in [4.69, 9.17) is 0 Å². The molecular weight excluding hydrogens is 280 g/mol. The second-order valence-electron chi connectivity index (χ2n) is 6.77. The van der Waals surface area contributed by atoms with Gasteiger partial charge >= 0.3 is 0 Å². The summed E-state index contributed by atoms with van der Waals surface area (Å²) in [4.78, 5) is 0. The molecule has 124 valence electrons. The highest BCUT2D eigenvalue weighted by Gasteiger charge is 2.17. The summed E-state index contributed by atoms with van der Waals surface area (Å²) >= 11 is 0. The molecule has 0 atom stereocenters. The summed E-state index contributed by atoms with van der Waals surface area (Å²) in [5.41, 5.74) is 9.73. The molecule has 0 aromatic heterocycles. The van der Waals surface area contributed by atoms with Crippen molar-refractivity contribution in [2.45, 2.75) is 72.1 Å². The third-order valence-corrected chi connectivity index (χ3v) is 5.16. The Hall–Kier alpha value is -1.70. The second kappa shape index (κ2) is 7.25. The van der Waals surface area contributed by atoms with Gasteiger partial charge in [-0.05, 0) is 75.0 Å². The van der Waals surface area contributed by atoms with Crippen molar-refractivity contribution in [1.29, 1.82) is 0 Å². The van der Waals surface area contributed by atoms with Crippen LogP contribution in [-0.2, 0) is 12.8 Å². The van der Waals surface area contributed by atoms with Gasteiger partial charge in [0.05, 0.1) is 0 Å². The Morgan fingerprint density at radius 1 is 0.826 bits per heavy atom. The van der Waals surface area contributed by atoms with E-state index >= 15 is 0 Å². The average molecular weight is 310 g/mol. The Bertz CT molecular complexity index is 585. The van der Waals surface area contributed by atoms with Crippen molar-refractivity contribution in [3.05, 3.63) is 46.3 Å². The molecule has 0 spiro atoms. The van der Waals surface area contributed by atoms with Crippen LogP contribution >= 0.6 is 0 Å². The molecule has 0 unspecified atom stereocenters. The summed E-state index contributed by atoms with van der Waals surface area (Å²) in [6.45, 7) is 6.79. The van der Waals surface area contributed by atoms with Gasteiger partial charge in [0.15, 0.2) is 0 Å². The number of allylic oxidation sites excluding steroid dienone is 4. The minimum absolute atomic E-state index is 1.08. The highest BCUT2D eigenvalue weighted by molar-refractivity contribution is 5.75. The molecule has 0 saturated heterocycles. The normalized spacial score (nSPS) is 17.2. The van der Waals surface area contributed by atoms with E-state index in [1.165, 1.54) is 78.0 Å². The van der Waals surface area contributed by atoms with Crippen LogP contribution in [0.2, 0.25) is 0 Å². The van der Waals surface area contributed by atoms with Gasteiger partial charge in [0.25, 0.3) is 0 Å². The second-order valence-corrected chi connectivity index (χ2v) is 6.77. The van der Waals surface area contributed by atoms with Crippen LogP contribution < -0.4 is 10.6 Å². The number of hydrogen-bond donors (Lipinski definition) is 2. The first-order valence-corrected chi connectivity index (χ1v) is 9.30. The molecule has 2 heteroatoms. The van der Waals surface area contributed by atoms with E-state index in [0.717, 1.165) is 12.8 Å². The van der Waals surface area contributed by atoms with Gasteiger partial charge in [-0.15, -0.1) is 0 Å². The molecule has 1 aromatic carbocycles. The lowest BCUT2D eigenvalue weighted by atomic mass is 9.96. The zero-order valence-corrected chi connectivity index (χ0v) is 14.9. The Kier molecular flexibility index (Phi) is 5.09. The van der Waals surface area contributed by atoms with Crippen molar-refractivity contribution >= 4 is 11.4 Å². The zero-order valence-electron chi connectivity index (χ0n) is 14.9. The zero-order chi connectivity index (χ0) is 16.2. The van der Waals surface area contributed by atoms with Gasteiger partial charge in [0.2, 0.25) is 0 Å². The highest BCUT2D eigenvalue weighted by atomic mass is 14.9. The van der Waals surface area contributed by atoms with Gasteiger partial charge < -0.3 is 10.6 Å². The van der Waals surface area contributed by atoms with E-state index in [0.29, 0.717) is 0 Å². The van der Waals surface area contributed by atoms with Crippen molar-refractivity contribution < 1.29 is 0 Å². The Morgan fingerprint density at radius 2 is 1.30 bits per heavy atom. The van der Waals surface area contributed by atoms with Gasteiger partial charge in [0, 0.05) is 22.8 Å². The maximum absolute atomic E-state index is 3.75. The lowest BCUT2D eigenvalue weighted by molar-refractivity contribution is 0.905. The molecule has 1 aromatic rings. The van der Waals surface area contributed by atoms with Crippen LogP contribution in [-0.4, -0.2) is 0 Å². The van der Waals surface area contributed by atoms with Crippen LogP contribution in [0.5, 0.6) is 0 Å². The molecule has 0 bridgehead atoms. The van der Waals surface area contributed by atoms with Crippen molar-refractivity contribution in [1.82, 2.24) is 0 Å². The average Bonchev–Trinajstić information content (AvgIpc) is 3.25. The summed E-state index contributed by atoms with van der Waals surface area (Å²) in [6.07, 6.45) is 14.2. The fraction of sp³-hybridized carbons (Fsp3) is 0.524. The third-order valence-electron chi connectivity index (χ3n) is 5.16. The molecule has 0 radical (unpaired) electrons. The number of rotatable bonds is 6. The number of benzene rings is 1. The molecule has 2 N–H and O–H groups in total. The summed E-state index contributed by atoms with van der Waals surface area (Å²) in [7, 11) is 0.